The Morgan fingerprint density at radius 2 is 1.73 bits per heavy atom. The first-order valence-electron chi connectivity index (χ1n) is 9.75. The van der Waals surface area contributed by atoms with Gasteiger partial charge in [0, 0.05) is 25.7 Å². The van der Waals surface area contributed by atoms with Gasteiger partial charge in [-0.2, -0.15) is 0 Å². The third kappa shape index (κ3) is 5.59. The van der Waals surface area contributed by atoms with E-state index in [1.54, 1.807) is 0 Å². The summed E-state index contributed by atoms with van der Waals surface area (Å²) in [5.41, 5.74) is 6.23. The zero-order valence-corrected chi connectivity index (χ0v) is 15.9. The van der Waals surface area contributed by atoms with Crippen LogP contribution >= 0.6 is 0 Å². The molecule has 2 saturated carbocycles. The standard InChI is InChI=1S/C18H33N5O3/c1-3-20-18(26)21-11-15(24)22-13-9-7-12(8-10-13)16(19)17(25)23(2)14-5-4-6-14/h12-14,16H,3-11,19H2,1-2H3,(H,22,24)(H2,20,21,26)/t12?,13?,16-/m0/s1. The van der Waals surface area contributed by atoms with E-state index in [4.69, 9.17) is 5.73 Å². The molecule has 0 aromatic heterocycles. The Labute approximate surface area is 155 Å². The molecule has 0 aromatic rings. The van der Waals surface area contributed by atoms with Gasteiger partial charge >= 0.3 is 6.03 Å². The van der Waals surface area contributed by atoms with Crippen molar-refractivity contribution in [1.82, 2.24) is 20.9 Å². The van der Waals surface area contributed by atoms with Gasteiger partial charge in [0.1, 0.15) is 0 Å². The average Bonchev–Trinajstić information content (AvgIpc) is 2.58. The Morgan fingerprint density at radius 3 is 2.27 bits per heavy atom. The first-order valence-corrected chi connectivity index (χ1v) is 9.75. The quantitative estimate of drug-likeness (QED) is 0.518. The molecule has 8 heteroatoms. The minimum absolute atomic E-state index is 0.0318. The molecule has 0 heterocycles. The highest BCUT2D eigenvalue weighted by atomic mass is 16.2. The van der Waals surface area contributed by atoms with Crippen molar-refractivity contribution in [2.45, 2.75) is 70.0 Å². The molecular weight excluding hydrogens is 334 g/mol. The fraction of sp³-hybridized carbons (Fsp3) is 0.833. The van der Waals surface area contributed by atoms with E-state index in [1.165, 1.54) is 6.42 Å². The van der Waals surface area contributed by atoms with Crippen LogP contribution in [0.15, 0.2) is 0 Å². The van der Waals surface area contributed by atoms with Gasteiger partial charge in [-0.3, -0.25) is 9.59 Å². The van der Waals surface area contributed by atoms with Crippen LogP contribution in [0.25, 0.3) is 0 Å². The zero-order chi connectivity index (χ0) is 19.1. The fourth-order valence-corrected chi connectivity index (χ4v) is 3.68. The number of urea groups is 1. The zero-order valence-electron chi connectivity index (χ0n) is 15.9. The van der Waals surface area contributed by atoms with Gasteiger partial charge in [-0.05, 0) is 57.8 Å². The average molecular weight is 367 g/mol. The smallest absolute Gasteiger partial charge is 0.315 e. The van der Waals surface area contributed by atoms with Crippen LogP contribution in [-0.4, -0.2) is 61.0 Å². The third-order valence-electron chi connectivity index (χ3n) is 5.65. The van der Waals surface area contributed by atoms with E-state index in [9.17, 15) is 14.4 Å². The summed E-state index contributed by atoms with van der Waals surface area (Å²) in [6.07, 6.45) is 6.64. The van der Waals surface area contributed by atoms with Crippen molar-refractivity contribution in [2.24, 2.45) is 11.7 Å². The molecule has 5 N–H and O–H groups in total. The SMILES string of the molecule is CCNC(=O)NCC(=O)NC1CCC([C@H](N)C(=O)N(C)C2CCC2)CC1. The molecule has 2 aliphatic carbocycles. The lowest BCUT2D eigenvalue weighted by Gasteiger charge is -2.38. The molecule has 2 rings (SSSR count). The van der Waals surface area contributed by atoms with Crippen molar-refractivity contribution >= 4 is 17.8 Å². The van der Waals surface area contributed by atoms with Gasteiger partial charge in [-0.25, -0.2) is 4.79 Å². The van der Waals surface area contributed by atoms with Crippen LogP contribution in [0.2, 0.25) is 0 Å². The minimum atomic E-state index is -0.448. The van der Waals surface area contributed by atoms with Crippen LogP contribution in [0.5, 0.6) is 0 Å². The highest BCUT2D eigenvalue weighted by Crippen LogP contribution is 2.29. The van der Waals surface area contributed by atoms with Crippen molar-refractivity contribution < 1.29 is 14.4 Å². The summed E-state index contributed by atoms with van der Waals surface area (Å²) < 4.78 is 0. The van der Waals surface area contributed by atoms with Crippen molar-refractivity contribution in [3.05, 3.63) is 0 Å². The minimum Gasteiger partial charge on any atom is -0.352 e. The summed E-state index contributed by atoms with van der Waals surface area (Å²) in [5, 5.41) is 8.04. The second kappa shape index (κ2) is 9.75. The fourth-order valence-electron chi connectivity index (χ4n) is 3.68. The molecule has 8 nitrogen and oxygen atoms in total. The number of nitrogens with one attached hydrogen (secondary N) is 3. The number of likely N-dealkylation sites (N-methyl/N-ethyl adjacent to an activating group) is 1. The predicted molar refractivity (Wildman–Crippen MR) is 99.3 cm³/mol. The number of carbonyl (C=O) groups is 3. The Balaban J connectivity index is 1.68. The van der Waals surface area contributed by atoms with E-state index in [0.717, 1.165) is 38.5 Å². The lowest BCUT2D eigenvalue weighted by Crippen LogP contribution is -2.53. The summed E-state index contributed by atoms with van der Waals surface area (Å²) >= 11 is 0. The van der Waals surface area contributed by atoms with E-state index in [1.807, 2.05) is 18.9 Å². The van der Waals surface area contributed by atoms with Gasteiger partial charge in [0.25, 0.3) is 0 Å². The van der Waals surface area contributed by atoms with Crippen LogP contribution in [0.4, 0.5) is 4.79 Å². The lowest BCUT2D eigenvalue weighted by atomic mass is 9.81. The largest absolute Gasteiger partial charge is 0.352 e. The van der Waals surface area contributed by atoms with Crippen LogP contribution < -0.4 is 21.7 Å². The number of hydrogen-bond donors (Lipinski definition) is 4. The third-order valence-corrected chi connectivity index (χ3v) is 5.65. The van der Waals surface area contributed by atoms with Crippen molar-refractivity contribution in [3.63, 3.8) is 0 Å². The van der Waals surface area contributed by atoms with Crippen LogP contribution in [0, 0.1) is 5.92 Å². The van der Waals surface area contributed by atoms with Gasteiger partial charge in [0.15, 0.2) is 0 Å². The molecule has 26 heavy (non-hydrogen) atoms. The number of rotatable bonds is 7. The Hall–Kier alpha value is -1.83. The van der Waals surface area contributed by atoms with E-state index in [2.05, 4.69) is 16.0 Å². The van der Waals surface area contributed by atoms with E-state index >= 15 is 0 Å². The van der Waals surface area contributed by atoms with Gasteiger partial charge in [-0.15, -0.1) is 0 Å². The molecule has 0 bridgehead atoms. The summed E-state index contributed by atoms with van der Waals surface area (Å²) in [5.74, 6) is 0.0322. The first kappa shape index (κ1) is 20.5. The monoisotopic (exact) mass is 367 g/mol. The first-order chi connectivity index (χ1) is 12.4. The van der Waals surface area contributed by atoms with Crippen molar-refractivity contribution in [1.29, 1.82) is 0 Å². The van der Waals surface area contributed by atoms with Crippen LogP contribution in [-0.2, 0) is 9.59 Å². The van der Waals surface area contributed by atoms with E-state index in [0.29, 0.717) is 12.6 Å². The summed E-state index contributed by atoms with van der Waals surface area (Å²) in [4.78, 5) is 37.6. The number of carbonyl (C=O) groups excluding carboxylic acids is 3. The molecular formula is C18H33N5O3. The Bertz CT molecular complexity index is 501. The Kier molecular flexibility index (Phi) is 7.68. The Morgan fingerprint density at radius 1 is 1.08 bits per heavy atom. The molecule has 2 fully saturated rings. The maximum absolute atomic E-state index is 12.5. The summed E-state index contributed by atoms with van der Waals surface area (Å²) in [7, 11) is 1.86. The van der Waals surface area contributed by atoms with Crippen LogP contribution in [0.1, 0.15) is 51.9 Å². The van der Waals surface area contributed by atoms with Gasteiger partial charge in [0.2, 0.25) is 11.8 Å². The normalized spacial score (nSPS) is 24.1. The summed E-state index contributed by atoms with van der Waals surface area (Å²) in [6, 6.07) is -0.342. The molecule has 2 aliphatic rings. The highest BCUT2D eigenvalue weighted by molar-refractivity contribution is 5.84. The summed E-state index contributed by atoms with van der Waals surface area (Å²) in [6.45, 7) is 2.31. The molecule has 0 saturated heterocycles. The molecule has 0 aromatic carbocycles. The van der Waals surface area contributed by atoms with Crippen molar-refractivity contribution in [3.8, 4) is 0 Å². The maximum Gasteiger partial charge on any atom is 0.315 e. The number of hydrogen-bond acceptors (Lipinski definition) is 4. The number of amides is 4. The predicted octanol–water partition coefficient (Wildman–Crippen LogP) is 0.319. The molecule has 0 aliphatic heterocycles. The molecule has 0 spiro atoms. The van der Waals surface area contributed by atoms with Crippen LogP contribution in [0.3, 0.4) is 0 Å². The topological polar surface area (TPSA) is 117 Å². The van der Waals surface area contributed by atoms with Crippen molar-refractivity contribution in [2.75, 3.05) is 20.1 Å². The number of nitrogens with zero attached hydrogens (tertiary/aromatic N) is 1. The van der Waals surface area contributed by atoms with Gasteiger partial charge in [0.05, 0.1) is 12.6 Å². The van der Waals surface area contributed by atoms with Gasteiger partial charge in [-0.1, -0.05) is 0 Å². The highest BCUT2D eigenvalue weighted by Gasteiger charge is 2.34. The molecule has 4 amide bonds. The number of nitrogens with two attached hydrogens (primary N) is 1. The molecule has 1 atom stereocenters. The maximum atomic E-state index is 12.5. The second-order valence-corrected chi connectivity index (χ2v) is 7.45. The molecule has 0 radical (unpaired) electrons. The van der Waals surface area contributed by atoms with E-state index < -0.39 is 6.04 Å². The molecule has 0 unspecified atom stereocenters. The molecule has 148 valence electrons. The van der Waals surface area contributed by atoms with E-state index in [-0.39, 0.29) is 36.3 Å². The van der Waals surface area contributed by atoms with Gasteiger partial charge < -0.3 is 26.6 Å². The lowest BCUT2D eigenvalue weighted by molar-refractivity contribution is -0.136. The second-order valence-electron chi connectivity index (χ2n) is 7.45.